The summed E-state index contributed by atoms with van der Waals surface area (Å²) in [6, 6.07) is 0. The molecule has 1 heterocycles. The molecule has 1 amide bonds. The Hall–Kier alpha value is -1.36. The molecule has 0 aliphatic carbocycles. The van der Waals surface area contributed by atoms with E-state index in [9.17, 15) is 9.59 Å². The zero-order valence-electron chi connectivity index (χ0n) is 7.73. The minimum atomic E-state index is -1.13. The van der Waals surface area contributed by atoms with Crippen LogP contribution in [0.25, 0.3) is 0 Å². The Kier molecular flexibility index (Phi) is 4.12. The molecule has 78 valence electrons. The summed E-state index contributed by atoms with van der Waals surface area (Å²) in [6.45, 7) is 1.19. The van der Waals surface area contributed by atoms with Gasteiger partial charge in [-0.1, -0.05) is 0 Å². The number of carbonyl (C=O) groups is 2. The van der Waals surface area contributed by atoms with Crippen molar-refractivity contribution in [1.82, 2.24) is 5.32 Å². The van der Waals surface area contributed by atoms with Gasteiger partial charge in [0.15, 0.2) is 0 Å². The van der Waals surface area contributed by atoms with Crippen LogP contribution in [0.1, 0.15) is 12.8 Å². The predicted octanol–water partition coefficient (Wildman–Crippen LogP) is -0.0776. The van der Waals surface area contributed by atoms with Gasteiger partial charge in [0.2, 0.25) is 5.91 Å². The predicted molar refractivity (Wildman–Crippen MR) is 48.8 cm³/mol. The van der Waals surface area contributed by atoms with Gasteiger partial charge in [-0.05, 0) is 12.8 Å². The second-order valence-corrected chi connectivity index (χ2v) is 3.05. The molecule has 0 bridgehead atoms. The quantitative estimate of drug-likeness (QED) is 0.621. The molecule has 0 saturated carbocycles. The lowest BCUT2D eigenvalue weighted by molar-refractivity contribution is -0.131. The van der Waals surface area contributed by atoms with Crippen LogP contribution in [0.5, 0.6) is 0 Å². The maximum atomic E-state index is 11.0. The number of hydrogen-bond donors (Lipinski definition) is 2. The van der Waals surface area contributed by atoms with Crippen LogP contribution in [0.15, 0.2) is 12.2 Å². The third kappa shape index (κ3) is 4.04. The van der Waals surface area contributed by atoms with Crippen LogP contribution in [-0.4, -0.2) is 36.2 Å². The first-order valence-corrected chi connectivity index (χ1v) is 4.49. The van der Waals surface area contributed by atoms with E-state index in [1.165, 1.54) is 0 Å². The van der Waals surface area contributed by atoms with Crippen molar-refractivity contribution in [2.75, 3.05) is 13.2 Å². The smallest absolute Gasteiger partial charge is 0.328 e. The highest BCUT2D eigenvalue weighted by molar-refractivity contribution is 5.93. The van der Waals surface area contributed by atoms with Crippen LogP contribution >= 0.6 is 0 Å². The standard InChI is InChI=1S/C9H13NO4/c11-8(3-4-9(12)13)10-6-7-2-1-5-14-7/h3-4,7H,1-2,5-6H2,(H,10,11)(H,12,13)/b4-3+/t7-/m1/s1. The van der Waals surface area contributed by atoms with E-state index in [1.807, 2.05) is 0 Å². The molecule has 0 aromatic carbocycles. The summed E-state index contributed by atoms with van der Waals surface area (Å²) >= 11 is 0. The molecule has 1 aliphatic heterocycles. The maximum Gasteiger partial charge on any atom is 0.328 e. The number of amides is 1. The Bertz CT molecular complexity index is 243. The fraction of sp³-hybridized carbons (Fsp3) is 0.556. The fourth-order valence-electron chi connectivity index (χ4n) is 1.23. The summed E-state index contributed by atoms with van der Waals surface area (Å²) < 4.78 is 5.27. The number of carboxylic acid groups (broad SMARTS) is 1. The highest BCUT2D eigenvalue weighted by Crippen LogP contribution is 2.10. The average molecular weight is 199 g/mol. The van der Waals surface area contributed by atoms with Gasteiger partial charge in [-0.2, -0.15) is 0 Å². The Morgan fingerprint density at radius 1 is 1.50 bits per heavy atom. The molecule has 2 N–H and O–H groups in total. The second kappa shape index (κ2) is 5.39. The van der Waals surface area contributed by atoms with Gasteiger partial charge in [0, 0.05) is 25.3 Å². The van der Waals surface area contributed by atoms with Crippen molar-refractivity contribution in [3.63, 3.8) is 0 Å². The largest absolute Gasteiger partial charge is 0.478 e. The Morgan fingerprint density at radius 3 is 2.86 bits per heavy atom. The second-order valence-electron chi connectivity index (χ2n) is 3.05. The third-order valence-electron chi connectivity index (χ3n) is 1.91. The van der Waals surface area contributed by atoms with Crippen molar-refractivity contribution < 1.29 is 19.4 Å². The number of hydrogen-bond acceptors (Lipinski definition) is 3. The average Bonchev–Trinajstić information content (AvgIpc) is 2.63. The topological polar surface area (TPSA) is 75.6 Å². The van der Waals surface area contributed by atoms with Crippen LogP contribution in [-0.2, 0) is 14.3 Å². The Morgan fingerprint density at radius 2 is 2.29 bits per heavy atom. The summed E-state index contributed by atoms with van der Waals surface area (Å²) in [5.41, 5.74) is 0. The SMILES string of the molecule is O=C(O)/C=C/C(=O)NC[C@H]1CCCO1. The molecule has 0 spiro atoms. The number of aliphatic carboxylic acids is 1. The number of ether oxygens (including phenoxy) is 1. The van der Waals surface area contributed by atoms with E-state index in [4.69, 9.17) is 9.84 Å². The lowest BCUT2D eigenvalue weighted by Gasteiger charge is -2.08. The van der Waals surface area contributed by atoms with Gasteiger partial charge < -0.3 is 15.2 Å². The third-order valence-corrected chi connectivity index (χ3v) is 1.91. The van der Waals surface area contributed by atoms with Crippen molar-refractivity contribution in [1.29, 1.82) is 0 Å². The number of nitrogens with one attached hydrogen (secondary N) is 1. The van der Waals surface area contributed by atoms with Crippen LogP contribution in [0.4, 0.5) is 0 Å². The summed E-state index contributed by atoms with van der Waals surface area (Å²) in [6.07, 6.45) is 3.86. The molecule has 5 nitrogen and oxygen atoms in total. The first-order chi connectivity index (χ1) is 6.68. The van der Waals surface area contributed by atoms with E-state index in [1.54, 1.807) is 0 Å². The molecule has 5 heteroatoms. The van der Waals surface area contributed by atoms with Gasteiger partial charge in [-0.25, -0.2) is 4.79 Å². The van der Waals surface area contributed by atoms with E-state index in [0.717, 1.165) is 31.6 Å². The van der Waals surface area contributed by atoms with Gasteiger partial charge in [-0.15, -0.1) is 0 Å². The molecule has 0 aromatic heterocycles. The molecule has 1 atom stereocenters. The maximum absolute atomic E-state index is 11.0. The summed E-state index contributed by atoms with van der Waals surface area (Å²) in [5, 5.41) is 10.8. The molecule has 1 aliphatic rings. The zero-order valence-corrected chi connectivity index (χ0v) is 7.73. The molecule has 1 fully saturated rings. The first kappa shape index (κ1) is 10.7. The van der Waals surface area contributed by atoms with Gasteiger partial charge >= 0.3 is 5.97 Å². The number of carbonyl (C=O) groups excluding carboxylic acids is 1. The molecule has 0 unspecified atom stereocenters. The van der Waals surface area contributed by atoms with Crippen molar-refractivity contribution in [3.05, 3.63) is 12.2 Å². The lowest BCUT2D eigenvalue weighted by Crippen LogP contribution is -2.30. The molecule has 0 radical (unpaired) electrons. The molecule has 1 rings (SSSR count). The highest BCUT2D eigenvalue weighted by atomic mass is 16.5. The van der Waals surface area contributed by atoms with E-state index in [-0.39, 0.29) is 6.10 Å². The number of carboxylic acids is 1. The van der Waals surface area contributed by atoms with E-state index >= 15 is 0 Å². The van der Waals surface area contributed by atoms with Gasteiger partial charge in [0.1, 0.15) is 0 Å². The van der Waals surface area contributed by atoms with Crippen LogP contribution < -0.4 is 5.32 Å². The van der Waals surface area contributed by atoms with Crippen LogP contribution in [0, 0.1) is 0 Å². The minimum Gasteiger partial charge on any atom is -0.478 e. The Labute approximate surface area is 81.7 Å². The minimum absolute atomic E-state index is 0.0807. The van der Waals surface area contributed by atoms with Crippen LogP contribution in [0.3, 0.4) is 0 Å². The summed E-state index contributed by atoms with van der Waals surface area (Å²) in [4.78, 5) is 21.1. The van der Waals surface area contributed by atoms with E-state index < -0.39 is 11.9 Å². The monoisotopic (exact) mass is 199 g/mol. The van der Waals surface area contributed by atoms with Gasteiger partial charge in [0.05, 0.1) is 6.10 Å². The molecular formula is C9H13NO4. The van der Waals surface area contributed by atoms with Crippen molar-refractivity contribution in [3.8, 4) is 0 Å². The van der Waals surface area contributed by atoms with E-state index in [0.29, 0.717) is 6.54 Å². The first-order valence-electron chi connectivity index (χ1n) is 4.49. The summed E-state index contributed by atoms with van der Waals surface area (Å²) in [5.74, 6) is -1.53. The van der Waals surface area contributed by atoms with Gasteiger partial charge in [0.25, 0.3) is 0 Å². The lowest BCUT2D eigenvalue weighted by atomic mass is 10.2. The highest BCUT2D eigenvalue weighted by Gasteiger charge is 2.15. The van der Waals surface area contributed by atoms with Gasteiger partial charge in [-0.3, -0.25) is 4.79 Å². The number of rotatable bonds is 4. The molecule has 14 heavy (non-hydrogen) atoms. The Balaban J connectivity index is 2.17. The molecule has 1 saturated heterocycles. The van der Waals surface area contributed by atoms with Crippen molar-refractivity contribution in [2.24, 2.45) is 0 Å². The van der Waals surface area contributed by atoms with Crippen molar-refractivity contribution in [2.45, 2.75) is 18.9 Å². The zero-order chi connectivity index (χ0) is 10.4. The van der Waals surface area contributed by atoms with Crippen LogP contribution in [0.2, 0.25) is 0 Å². The molecule has 0 aromatic rings. The molecular weight excluding hydrogens is 186 g/mol. The fourth-order valence-corrected chi connectivity index (χ4v) is 1.23. The summed E-state index contributed by atoms with van der Waals surface area (Å²) in [7, 11) is 0. The van der Waals surface area contributed by atoms with E-state index in [2.05, 4.69) is 5.32 Å². The van der Waals surface area contributed by atoms with Crippen molar-refractivity contribution >= 4 is 11.9 Å². The normalized spacial score (nSPS) is 21.3.